The summed E-state index contributed by atoms with van der Waals surface area (Å²) in [5.74, 6) is -1.25. The van der Waals surface area contributed by atoms with E-state index in [-0.39, 0.29) is 43.2 Å². The average Bonchev–Trinajstić information content (AvgIpc) is 3.56. The van der Waals surface area contributed by atoms with Crippen LogP contribution in [0.5, 0.6) is 0 Å². The minimum atomic E-state index is -0.925. The smallest absolute Gasteiger partial charge is 0.408 e. The molecule has 0 aliphatic carbocycles. The molecule has 11 heteroatoms. The second-order valence-electron chi connectivity index (χ2n) is 11.8. The van der Waals surface area contributed by atoms with Gasteiger partial charge in [0.15, 0.2) is 5.78 Å². The molecule has 0 radical (unpaired) electrons. The molecule has 4 atom stereocenters. The summed E-state index contributed by atoms with van der Waals surface area (Å²) in [6.45, 7) is 5.67. The highest BCUT2D eigenvalue weighted by molar-refractivity contribution is 6.01. The Labute approximate surface area is 252 Å². The first-order valence-electron chi connectivity index (χ1n) is 14.7. The van der Waals surface area contributed by atoms with Crippen LogP contribution < -0.4 is 15.5 Å². The van der Waals surface area contributed by atoms with Crippen molar-refractivity contribution in [2.75, 3.05) is 32.1 Å². The van der Waals surface area contributed by atoms with Gasteiger partial charge in [-0.3, -0.25) is 19.2 Å². The Balaban J connectivity index is 1.39. The lowest BCUT2D eigenvalue weighted by atomic mass is 10.0. The number of ketones is 1. The Morgan fingerprint density at radius 1 is 0.930 bits per heavy atom. The maximum atomic E-state index is 13.8. The SMILES string of the molecule is CC(C)C[C@H](NC(=O)c1ccc(N(C)C)cc1)C(=O)N1CCC2C1C(=O)CN2C(=O)[C@@H](C)NC(=O)OCc1ccccc1. The van der Waals surface area contributed by atoms with Gasteiger partial charge in [0.25, 0.3) is 5.91 Å². The van der Waals surface area contributed by atoms with E-state index in [4.69, 9.17) is 4.74 Å². The van der Waals surface area contributed by atoms with Gasteiger partial charge in [-0.2, -0.15) is 0 Å². The van der Waals surface area contributed by atoms with Crippen molar-refractivity contribution in [3.05, 3.63) is 65.7 Å². The number of rotatable bonds is 10. The molecule has 2 unspecified atom stereocenters. The molecule has 2 N–H and O–H groups in total. The van der Waals surface area contributed by atoms with Crippen LogP contribution in [-0.2, 0) is 25.7 Å². The van der Waals surface area contributed by atoms with Crippen molar-refractivity contribution in [3.63, 3.8) is 0 Å². The van der Waals surface area contributed by atoms with Gasteiger partial charge in [-0.1, -0.05) is 44.2 Å². The van der Waals surface area contributed by atoms with Crippen LogP contribution in [0.3, 0.4) is 0 Å². The summed E-state index contributed by atoms with van der Waals surface area (Å²) in [6.07, 6.45) is 0.0866. The lowest BCUT2D eigenvalue weighted by Gasteiger charge is -2.29. The highest BCUT2D eigenvalue weighted by Gasteiger charge is 2.52. The number of anilines is 1. The fourth-order valence-electron chi connectivity index (χ4n) is 5.66. The zero-order valence-electron chi connectivity index (χ0n) is 25.4. The number of benzene rings is 2. The number of hydrogen-bond acceptors (Lipinski definition) is 7. The molecular weight excluding hydrogens is 550 g/mol. The Kier molecular flexibility index (Phi) is 10.1. The molecule has 2 aromatic carbocycles. The van der Waals surface area contributed by atoms with E-state index >= 15 is 0 Å². The molecule has 2 fully saturated rings. The van der Waals surface area contributed by atoms with Crippen LogP contribution in [0.4, 0.5) is 10.5 Å². The van der Waals surface area contributed by atoms with Crippen molar-refractivity contribution in [2.45, 2.75) is 64.4 Å². The van der Waals surface area contributed by atoms with E-state index in [9.17, 15) is 24.0 Å². The molecule has 2 aromatic rings. The largest absolute Gasteiger partial charge is 0.445 e. The van der Waals surface area contributed by atoms with Gasteiger partial charge in [0.05, 0.1) is 12.6 Å². The maximum absolute atomic E-state index is 13.8. The number of carbonyl (C=O) groups excluding carboxylic acids is 5. The van der Waals surface area contributed by atoms with E-state index in [0.29, 0.717) is 18.4 Å². The summed E-state index contributed by atoms with van der Waals surface area (Å²) in [6, 6.07) is 13.2. The number of ether oxygens (including phenoxy) is 1. The lowest BCUT2D eigenvalue weighted by molar-refractivity contribution is -0.138. The van der Waals surface area contributed by atoms with Crippen molar-refractivity contribution in [1.82, 2.24) is 20.4 Å². The minimum Gasteiger partial charge on any atom is -0.445 e. The maximum Gasteiger partial charge on any atom is 0.408 e. The molecular formula is C32H41N5O6. The van der Waals surface area contributed by atoms with E-state index in [2.05, 4.69) is 10.6 Å². The first-order valence-corrected chi connectivity index (χ1v) is 14.7. The zero-order chi connectivity index (χ0) is 31.3. The number of carbonyl (C=O) groups is 5. The van der Waals surface area contributed by atoms with Gasteiger partial charge < -0.3 is 30.1 Å². The van der Waals surface area contributed by atoms with Crippen LogP contribution in [-0.4, -0.2) is 90.8 Å². The molecule has 11 nitrogen and oxygen atoms in total. The molecule has 4 rings (SSSR count). The van der Waals surface area contributed by atoms with Gasteiger partial charge in [-0.05, 0) is 55.5 Å². The molecule has 0 spiro atoms. The number of alkyl carbamates (subject to hydrolysis) is 1. The number of likely N-dealkylation sites (tertiary alicyclic amines) is 2. The van der Waals surface area contributed by atoms with Gasteiger partial charge >= 0.3 is 6.09 Å². The van der Waals surface area contributed by atoms with Crippen molar-refractivity contribution >= 4 is 35.3 Å². The summed E-state index contributed by atoms with van der Waals surface area (Å²) in [4.78, 5) is 70.6. The Bertz CT molecular complexity index is 1330. The topological polar surface area (TPSA) is 128 Å². The fourth-order valence-corrected chi connectivity index (χ4v) is 5.66. The quantitative estimate of drug-likeness (QED) is 0.435. The van der Waals surface area contributed by atoms with Crippen molar-refractivity contribution in [2.24, 2.45) is 5.92 Å². The van der Waals surface area contributed by atoms with Crippen LogP contribution >= 0.6 is 0 Å². The third kappa shape index (κ3) is 7.52. The highest BCUT2D eigenvalue weighted by atomic mass is 16.5. The molecule has 43 heavy (non-hydrogen) atoms. The number of hydrogen-bond donors (Lipinski definition) is 2. The molecule has 2 aliphatic heterocycles. The molecule has 2 saturated heterocycles. The molecule has 2 heterocycles. The number of fused-ring (bicyclic) bond motifs is 1. The van der Waals surface area contributed by atoms with Gasteiger partial charge in [0.1, 0.15) is 24.7 Å². The number of Topliss-reactive ketones (excluding diaryl/α,β-unsaturated/α-hetero) is 1. The van der Waals surface area contributed by atoms with Gasteiger partial charge in [0.2, 0.25) is 11.8 Å². The summed E-state index contributed by atoms with van der Waals surface area (Å²) in [5, 5.41) is 5.43. The summed E-state index contributed by atoms with van der Waals surface area (Å²) >= 11 is 0. The second kappa shape index (κ2) is 13.7. The first kappa shape index (κ1) is 31.5. The number of nitrogens with one attached hydrogen (secondary N) is 2. The van der Waals surface area contributed by atoms with Gasteiger partial charge in [-0.15, -0.1) is 0 Å². The van der Waals surface area contributed by atoms with Crippen molar-refractivity contribution < 1.29 is 28.7 Å². The normalized spacial score (nSPS) is 19.1. The molecule has 230 valence electrons. The van der Waals surface area contributed by atoms with E-state index in [1.807, 2.05) is 75.3 Å². The molecule has 2 aliphatic rings. The minimum absolute atomic E-state index is 0.0625. The van der Waals surface area contributed by atoms with E-state index in [0.717, 1.165) is 11.3 Å². The van der Waals surface area contributed by atoms with Gasteiger partial charge in [-0.25, -0.2) is 4.79 Å². The Morgan fingerprint density at radius 2 is 1.60 bits per heavy atom. The summed E-state index contributed by atoms with van der Waals surface area (Å²) in [7, 11) is 3.82. The van der Waals surface area contributed by atoms with E-state index < -0.39 is 36.2 Å². The van der Waals surface area contributed by atoms with E-state index in [1.54, 1.807) is 19.1 Å². The lowest BCUT2D eigenvalue weighted by Crippen LogP contribution is -2.53. The Morgan fingerprint density at radius 3 is 2.23 bits per heavy atom. The summed E-state index contributed by atoms with van der Waals surface area (Å²) in [5.41, 5.74) is 2.19. The monoisotopic (exact) mass is 591 g/mol. The zero-order valence-corrected chi connectivity index (χ0v) is 25.4. The van der Waals surface area contributed by atoms with Crippen LogP contribution in [0.2, 0.25) is 0 Å². The average molecular weight is 592 g/mol. The first-order chi connectivity index (χ1) is 20.5. The molecule has 4 amide bonds. The third-order valence-electron chi connectivity index (χ3n) is 7.86. The fraction of sp³-hybridized carbons (Fsp3) is 0.469. The second-order valence-corrected chi connectivity index (χ2v) is 11.8. The molecule has 0 bridgehead atoms. The highest BCUT2D eigenvalue weighted by Crippen LogP contribution is 2.31. The Hall–Kier alpha value is -4.41. The van der Waals surface area contributed by atoms with Crippen LogP contribution in [0.15, 0.2) is 54.6 Å². The third-order valence-corrected chi connectivity index (χ3v) is 7.86. The molecule has 0 saturated carbocycles. The van der Waals surface area contributed by atoms with Crippen LogP contribution in [0.1, 0.15) is 49.5 Å². The summed E-state index contributed by atoms with van der Waals surface area (Å²) < 4.78 is 5.23. The van der Waals surface area contributed by atoms with Gasteiger partial charge in [0, 0.05) is 31.9 Å². The number of nitrogens with zero attached hydrogens (tertiary/aromatic N) is 3. The van der Waals surface area contributed by atoms with Crippen LogP contribution in [0.25, 0.3) is 0 Å². The number of amides is 4. The van der Waals surface area contributed by atoms with Crippen molar-refractivity contribution in [1.29, 1.82) is 0 Å². The predicted octanol–water partition coefficient (Wildman–Crippen LogP) is 2.59. The molecule has 0 aromatic heterocycles. The predicted molar refractivity (Wildman–Crippen MR) is 161 cm³/mol. The standard InChI is InChI=1S/C32H41N5O6/c1-20(2)17-25(34-29(39)23-11-13-24(14-12-23)35(4)5)31(41)36-16-15-26-28(36)27(38)18-37(26)30(40)21(3)33-32(42)43-19-22-9-7-6-8-10-22/h6-14,20-21,25-26,28H,15-19H2,1-5H3,(H,33,42)(H,34,39)/t21-,25+,26?,28?/m1/s1. The van der Waals surface area contributed by atoms with E-state index in [1.165, 1.54) is 9.80 Å². The van der Waals surface area contributed by atoms with Crippen LogP contribution in [0, 0.1) is 5.92 Å². The van der Waals surface area contributed by atoms with Crippen molar-refractivity contribution in [3.8, 4) is 0 Å².